The zero-order chi connectivity index (χ0) is 11.8. The van der Waals surface area contributed by atoms with Gasteiger partial charge in [-0.05, 0) is 6.42 Å². The standard InChI is InChI=1S/C10H17NO4/c1-4-8(13)5-6-9(10(14)15-3)11-7(2)12/h9H,4-6H2,1-3H3,(H,11,12)/t9-/m0/s1. The van der Waals surface area contributed by atoms with E-state index in [-0.39, 0.29) is 18.1 Å². The monoisotopic (exact) mass is 215 g/mol. The van der Waals surface area contributed by atoms with Gasteiger partial charge in [-0.15, -0.1) is 0 Å². The summed E-state index contributed by atoms with van der Waals surface area (Å²) in [6.07, 6.45) is 1.00. The molecule has 15 heavy (non-hydrogen) atoms. The Bertz CT molecular complexity index is 250. The van der Waals surface area contributed by atoms with Crippen LogP contribution in [0.2, 0.25) is 0 Å². The van der Waals surface area contributed by atoms with Crippen LogP contribution < -0.4 is 5.32 Å². The average molecular weight is 215 g/mol. The lowest BCUT2D eigenvalue weighted by molar-refractivity contribution is -0.145. The predicted molar refractivity (Wildman–Crippen MR) is 54.2 cm³/mol. The lowest BCUT2D eigenvalue weighted by Crippen LogP contribution is -2.40. The van der Waals surface area contributed by atoms with Crippen LogP contribution in [0.5, 0.6) is 0 Å². The number of hydrogen-bond acceptors (Lipinski definition) is 4. The van der Waals surface area contributed by atoms with Gasteiger partial charge in [0.05, 0.1) is 7.11 Å². The van der Waals surface area contributed by atoms with Gasteiger partial charge in [-0.3, -0.25) is 9.59 Å². The van der Waals surface area contributed by atoms with Crippen molar-refractivity contribution in [1.82, 2.24) is 5.32 Å². The second-order valence-corrected chi connectivity index (χ2v) is 3.21. The van der Waals surface area contributed by atoms with E-state index < -0.39 is 12.0 Å². The maximum atomic E-state index is 11.2. The predicted octanol–water partition coefficient (Wildman–Crippen LogP) is 0.423. The average Bonchev–Trinajstić information content (AvgIpc) is 2.21. The van der Waals surface area contributed by atoms with E-state index in [1.807, 2.05) is 0 Å². The molecular formula is C10H17NO4. The van der Waals surface area contributed by atoms with E-state index in [0.29, 0.717) is 12.8 Å². The van der Waals surface area contributed by atoms with Crippen LogP contribution in [0.1, 0.15) is 33.1 Å². The van der Waals surface area contributed by atoms with Gasteiger partial charge in [0.15, 0.2) is 0 Å². The molecule has 0 unspecified atom stereocenters. The molecule has 86 valence electrons. The highest BCUT2D eigenvalue weighted by Gasteiger charge is 2.20. The highest BCUT2D eigenvalue weighted by molar-refractivity contribution is 5.84. The van der Waals surface area contributed by atoms with Gasteiger partial charge in [-0.25, -0.2) is 4.79 Å². The van der Waals surface area contributed by atoms with Crippen LogP contribution in [0.3, 0.4) is 0 Å². The number of methoxy groups -OCH3 is 1. The lowest BCUT2D eigenvalue weighted by atomic mass is 10.1. The minimum atomic E-state index is -0.719. The number of ketones is 1. The smallest absolute Gasteiger partial charge is 0.328 e. The molecule has 0 fully saturated rings. The van der Waals surface area contributed by atoms with E-state index in [2.05, 4.69) is 10.1 Å². The number of Topliss-reactive ketones (excluding diaryl/α,β-unsaturated/α-hetero) is 1. The topological polar surface area (TPSA) is 72.5 Å². The van der Waals surface area contributed by atoms with Crippen molar-refractivity contribution in [3.05, 3.63) is 0 Å². The molecule has 0 aliphatic heterocycles. The van der Waals surface area contributed by atoms with Crippen molar-refractivity contribution in [1.29, 1.82) is 0 Å². The molecule has 1 N–H and O–H groups in total. The minimum absolute atomic E-state index is 0.0641. The highest BCUT2D eigenvalue weighted by atomic mass is 16.5. The van der Waals surface area contributed by atoms with Gasteiger partial charge < -0.3 is 10.1 Å². The Labute approximate surface area is 89.2 Å². The third-order valence-electron chi connectivity index (χ3n) is 1.97. The molecule has 0 radical (unpaired) electrons. The fourth-order valence-corrected chi connectivity index (χ4v) is 1.12. The molecule has 0 spiro atoms. The fourth-order valence-electron chi connectivity index (χ4n) is 1.12. The van der Waals surface area contributed by atoms with Crippen LogP contribution in [0.4, 0.5) is 0 Å². The van der Waals surface area contributed by atoms with E-state index in [4.69, 9.17) is 0 Å². The zero-order valence-corrected chi connectivity index (χ0v) is 9.33. The van der Waals surface area contributed by atoms with Crippen LogP contribution in [0.25, 0.3) is 0 Å². The second kappa shape index (κ2) is 6.98. The molecular weight excluding hydrogens is 198 g/mol. The lowest BCUT2D eigenvalue weighted by Gasteiger charge is -2.14. The Morgan fingerprint density at radius 1 is 1.33 bits per heavy atom. The molecule has 1 amide bonds. The summed E-state index contributed by atoms with van der Waals surface area (Å²) in [4.78, 5) is 33.0. The van der Waals surface area contributed by atoms with Crippen molar-refractivity contribution in [3.8, 4) is 0 Å². The molecule has 5 nitrogen and oxygen atoms in total. The Morgan fingerprint density at radius 2 is 1.93 bits per heavy atom. The number of hydrogen-bond donors (Lipinski definition) is 1. The number of carbonyl (C=O) groups excluding carboxylic acids is 3. The molecule has 0 saturated heterocycles. The van der Waals surface area contributed by atoms with E-state index in [1.165, 1.54) is 14.0 Å². The third kappa shape index (κ3) is 5.83. The SMILES string of the molecule is CCC(=O)CC[C@H](NC(C)=O)C(=O)OC. The first-order valence-corrected chi connectivity index (χ1v) is 4.87. The maximum Gasteiger partial charge on any atom is 0.328 e. The molecule has 0 saturated carbocycles. The molecule has 0 aromatic rings. The Morgan fingerprint density at radius 3 is 2.33 bits per heavy atom. The van der Waals surface area contributed by atoms with Crippen LogP contribution in [0, 0.1) is 0 Å². The van der Waals surface area contributed by atoms with E-state index in [1.54, 1.807) is 6.92 Å². The molecule has 0 aromatic carbocycles. The first-order valence-electron chi connectivity index (χ1n) is 4.87. The summed E-state index contributed by atoms with van der Waals surface area (Å²) in [5, 5.41) is 2.44. The van der Waals surface area contributed by atoms with Gasteiger partial charge in [0, 0.05) is 19.8 Å². The third-order valence-corrected chi connectivity index (χ3v) is 1.97. The van der Waals surface area contributed by atoms with Crippen LogP contribution >= 0.6 is 0 Å². The van der Waals surface area contributed by atoms with Gasteiger partial charge >= 0.3 is 5.97 Å². The first kappa shape index (κ1) is 13.6. The number of carbonyl (C=O) groups is 3. The molecule has 0 rings (SSSR count). The zero-order valence-electron chi connectivity index (χ0n) is 9.33. The Hall–Kier alpha value is -1.39. The minimum Gasteiger partial charge on any atom is -0.467 e. The maximum absolute atomic E-state index is 11.2. The molecule has 0 heterocycles. The van der Waals surface area contributed by atoms with Crippen LogP contribution in [-0.4, -0.2) is 30.8 Å². The molecule has 0 bridgehead atoms. The summed E-state index contributed by atoms with van der Waals surface area (Å²) >= 11 is 0. The summed E-state index contributed by atoms with van der Waals surface area (Å²) in [6.45, 7) is 3.07. The summed E-state index contributed by atoms with van der Waals surface area (Å²) in [7, 11) is 1.25. The summed E-state index contributed by atoms with van der Waals surface area (Å²) in [5.74, 6) is -0.766. The molecule has 5 heteroatoms. The van der Waals surface area contributed by atoms with Gasteiger partial charge in [-0.2, -0.15) is 0 Å². The molecule has 0 aliphatic rings. The Balaban J connectivity index is 4.18. The second-order valence-electron chi connectivity index (χ2n) is 3.21. The normalized spacial score (nSPS) is 11.7. The van der Waals surface area contributed by atoms with Crippen LogP contribution in [0.15, 0.2) is 0 Å². The van der Waals surface area contributed by atoms with Gasteiger partial charge in [0.2, 0.25) is 5.91 Å². The van der Waals surface area contributed by atoms with Crippen molar-refractivity contribution in [3.63, 3.8) is 0 Å². The number of nitrogens with one attached hydrogen (secondary N) is 1. The number of amides is 1. The van der Waals surface area contributed by atoms with Crippen molar-refractivity contribution < 1.29 is 19.1 Å². The van der Waals surface area contributed by atoms with E-state index >= 15 is 0 Å². The van der Waals surface area contributed by atoms with Gasteiger partial charge in [0.25, 0.3) is 0 Å². The van der Waals surface area contributed by atoms with E-state index in [9.17, 15) is 14.4 Å². The highest BCUT2D eigenvalue weighted by Crippen LogP contribution is 2.02. The van der Waals surface area contributed by atoms with Crippen molar-refractivity contribution in [2.75, 3.05) is 7.11 Å². The van der Waals surface area contributed by atoms with Crippen molar-refractivity contribution in [2.45, 2.75) is 39.2 Å². The number of esters is 1. The number of ether oxygens (including phenoxy) is 1. The Kier molecular flexibility index (Phi) is 6.33. The molecule has 0 aromatic heterocycles. The van der Waals surface area contributed by atoms with Crippen molar-refractivity contribution >= 4 is 17.7 Å². The number of rotatable bonds is 6. The quantitative estimate of drug-likeness (QED) is 0.652. The summed E-state index contributed by atoms with van der Waals surface area (Å²) in [6, 6.07) is -0.719. The fraction of sp³-hybridized carbons (Fsp3) is 0.700. The molecule has 0 aliphatic carbocycles. The largest absolute Gasteiger partial charge is 0.467 e. The van der Waals surface area contributed by atoms with E-state index in [0.717, 1.165) is 0 Å². The van der Waals surface area contributed by atoms with Gasteiger partial charge in [-0.1, -0.05) is 6.92 Å². The molecule has 1 atom stereocenters. The van der Waals surface area contributed by atoms with Crippen molar-refractivity contribution in [2.24, 2.45) is 0 Å². The summed E-state index contributed by atoms with van der Waals surface area (Å²) < 4.78 is 4.51. The summed E-state index contributed by atoms with van der Waals surface area (Å²) in [5.41, 5.74) is 0. The van der Waals surface area contributed by atoms with Gasteiger partial charge in [0.1, 0.15) is 11.8 Å². The van der Waals surface area contributed by atoms with Crippen LogP contribution in [-0.2, 0) is 19.1 Å². The first-order chi connectivity index (χ1) is 7.01.